The van der Waals surface area contributed by atoms with Gasteiger partial charge in [-0.05, 0) is 41.0 Å². The van der Waals surface area contributed by atoms with Crippen molar-refractivity contribution in [3.63, 3.8) is 0 Å². The maximum atomic E-state index is 13.0. The quantitative estimate of drug-likeness (QED) is 0.453. The first-order valence-electron chi connectivity index (χ1n) is 12.3. The molecule has 7 nitrogen and oxygen atoms in total. The molecule has 3 rings (SSSR count). The molecule has 2 unspecified atom stereocenters. The van der Waals surface area contributed by atoms with Gasteiger partial charge in [0.05, 0.1) is 5.92 Å². The molecule has 2 aromatic rings. The van der Waals surface area contributed by atoms with Crippen molar-refractivity contribution in [3.05, 3.63) is 59.7 Å². The molecule has 0 saturated heterocycles. The Hall–Kier alpha value is -3.35. The number of carboxylic acid groups (broad SMARTS) is 1. The summed E-state index contributed by atoms with van der Waals surface area (Å²) in [6, 6.07) is 14.7. The molecule has 2 aromatic carbocycles. The molecule has 0 spiro atoms. The van der Waals surface area contributed by atoms with Crippen molar-refractivity contribution in [2.24, 2.45) is 17.8 Å². The van der Waals surface area contributed by atoms with Gasteiger partial charge in [-0.3, -0.25) is 4.79 Å². The molecule has 35 heavy (non-hydrogen) atoms. The first kappa shape index (κ1) is 26.3. The molecular formula is C28H36N2O5. The van der Waals surface area contributed by atoms with Crippen LogP contribution < -0.4 is 10.6 Å². The number of fused-ring (bicyclic) bond motifs is 3. The summed E-state index contributed by atoms with van der Waals surface area (Å²) in [5, 5.41) is 15.0. The number of carbonyl (C=O) groups is 3. The molecule has 188 valence electrons. The number of alkyl carbamates (subject to hydrolysis) is 1. The summed E-state index contributed by atoms with van der Waals surface area (Å²) in [6.45, 7) is 9.35. The van der Waals surface area contributed by atoms with Crippen LogP contribution in [0.5, 0.6) is 0 Å². The molecule has 0 bridgehead atoms. The van der Waals surface area contributed by atoms with Gasteiger partial charge < -0.3 is 20.5 Å². The average Bonchev–Trinajstić information content (AvgIpc) is 3.14. The van der Waals surface area contributed by atoms with E-state index in [1.54, 1.807) is 13.8 Å². The third kappa shape index (κ3) is 5.84. The number of amides is 2. The van der Waals surface area contributed by atoms with E-state index in [4.69, 9.17) is 4.74 Å². The maximum absolute atomic E-state index is 13.0. The Bertz CT molecular complexity index is 1020. The Morgan fingerprint density at radius 3 is 1.94 bits per heavy atom. The van der Waals surface area contributed by atoms with Crippen LogP contribution in [0.1, 0.15) is 58.1 Å². The maximum Gasteiger partial charge on any atom is 0.407 e. The van der Waals surface area contributed by atoms with E-state index >= 15 is 0 Å². The molecule has 0 fully saturated rings. The summed E-state index contributed by atoms with van der Waals surface area (Å²) in [4.78, 5) is 37.4. The number of aliphatic carboxylic acids is 1. The van der Waals surface area contributed by atoms with E-state index in [0.29, 0.717) is 6.42 Å². The zero-order valence-electron chi connectivity index (χ0n) is 21.1. The average molecular weight is 481 g/mol. The fourth-order valence-electron chi connectivity index (χ4n) is 4.96. The summed E-state index contributed by atoms with van der Waals surface area (Å²) >= 11 is 0. The number of rotatable bonds is 10. The summed E-state index contributed by atoms with van der Waals surface area (Å²) in [6.07, 6.45) is 0.0199. The van der Waals surface area contributed by atoms with E-state index in [9.17, 15) is 19.5 Å². The number of carboxylic acids is 1. The zero-order chi connectivity index (χ0) is 25.7. The second kappa shape index (κ2) is 11.4. The van der Waals surface area contributed by atoms with Crippen LogP contribution in [-0.4, -0.2) is 41.8 Å². The normalized spacial score (nSPS) is 15.9. The van der Waals surface area contributed by atoms with Crippen molar-refractivity contribution in [1.82, 2.24) is 10.6 Å². The Kier molecular flexibility index (Phi) is 8.54. The van der Waals surface area contributed by atoms with Gasteiger partial charge in [0.2, 0.25) is 5.91 Å². The SMILES string of the molecule is CC[C@H](C)[C@H](NC(=O)C(C(C)C)C(C)NC(=O)OCC1c2ccccc2-c2ccccc21)C(=O)O. The lowest BCUT2D eigenvalue weighted by atomic mass is 9.87. The van der Waals surface area contributed by atoms with E-state index < -0.39 is 30.1 Å². The fraction of sp³-hybridized carbons (Fsp3) is 0.464. The van der Waals surface area contributed by atoms with Crippen molar-refractivity contribution in [2.45, 2.75) is 59.0 Å². The van der Waals surface area contributed by atoms with Crippen molar-refractivity contribution >= 4 is 18.0 Å². The fourth-order valence-corrected chi connectivity index (χ4v) is 4.96. The molecule has 3 N–H and O–H groups in total. The van der Waals surface area contributed by atoms with Crippen LogP contribution in [0.2, 0.25) is 0 Å². The van der Waals surface area contributed by atoms with Gasteiger partial charge in [-0.2, -0.15) is 0 Å². The van der Waals surface area contributed by atoms with Crippen LogP contribution >= 0.6 is 0 Å². The molecule has 1 aliphatic carbocycles. The number of benzene rings is 2. The van der Waals surface area contributed by atoms with Crippen molar-refractivity contribution in [1.29, 1.82) is 0 Å². The van der Waals surface area contributed by atoms with Crippen LogP contribution in [-0.2, 0) is 14.3 Å². The smallest absolute Gasteiger partial charge is 0.407 e. The zero-order valence-corrected chi connectivity index (χ0v) is 21.1. The van der Waals surface area contributed by atoms with Crippen molar-refractivity contribution < 1.29 is 24.2 Å². The monoisotopic (exact) mass is 480 g/mol. The highest BCUT2D eigenvalue weighted by atomic mass is 16.5. The minimum absolute atomic E-state index is 0.0560. The van der Waals surface area contributed by atoms with E-state index in [-0.39, 0.29) is 30.3 Å². The largest absolute Gasteiger partial charge is 0.480 e. The molecule has 4 atom stereocenters. The van der Waals surface area contributed by atoms with Crippen molar-refractivity contribution in [2.75, 3.05) is 6.61 Å². The van der Waals surface area contributed by atoms with Gasteiger partial charge in [0.1, 0.15) is 12.6 Å². The molecule has 0 aliphatic heterocycles. The lowest BCUT2D eigenvalue weighted by Gasteiger charge is -2.29. The minimum atomic E-state index is -1.06. The number of hydrogen-bond acceptors (Lipinski definition) is 4. The number of nitrogens with one attached hydrogen (secondary N) is 2. The number of carbonyl (C=O) groups excluding carboxylic acids is 2. The number of ether oxygens (including phenoxy) is 1. The van der Waals surface area contributed by atoms with Crippen molar-refractivity contribution in [3.8, 4) is 11.1 Å². The van der Waals surface area contributed by atoms with E-state index in [0.717, 1.165) is 22.3 Å². The van der Waals surface area contributed by atoms with Gasteiger partial charge in [-0.25, -0.2) is 9.59 Å². The summed E-state index contributed by atoms with van der Waals surface area (Å²) in [7, 11) is 0. The van der Waals surface area contributed by atoms with Gasteiger partial charge in [-0.15, -0.1) is 0 Å². The van der Waals surface area contributed by atoms with E-state index in [1.165, 1.54) is 0 Å². The lowest BCUT2D eigenvalue weighted by molar-refractivity contribution is -0.144. The Morgan fingerprint density at radius 2 is 1.46 bits per heavy atom. The Balaban J connectivity index is 1.65. The van der Waals surface area contributed by atoms with Crippen LogP contribution in [0.4, 0.5) is 4.79 Å². The Morgan fingerprint density at radius 1 is 0.914 bits per heavy atom. The molecular weight excluding hydrogens is 444 g/mol. The highest BCUT2D eigenvalue weighted by Gasteiger charge is 2.34. The summed E-state index contributed by atoms with van der Waals surface area (Å²) < 4.78 is 5.62. The first-order valence-corrected chi connectivity index (χ1v) is 12.3. The number of hydrogen-bond donors (Lipinski definition) is 3. The van der Waals surface area contributed by atoms with Crippen LogP contribution in [0.3, 0.4) is 0 Å². The summed E-state index contributed by atoms with van der Waals surface area (Å²) in [5.74, 6) is -2.45. The second-order valence-electron chi connectivity index (χ2n) is 9.74. The molecule has 0 saturated carbocycles. The predicted octanol–water partition coefficient (Wildman–Crippen LogP) is 4.80. The van der Waals surface area contributed by atoms with Gasteiger partial charge in [0.15, 0.2) is 0 Å². The van der Waals surface area contributed by atoms with E-state index in [1.807, 2.05) is 45.0 Å². The van der Waals surface area contributed by atoms with Gasteiger partial charge in [0, 0.05) is 12.0 Å². The predicted molar refractivity (Wildman–Crippen MR) is 135 cm³/mol. The third-order valence-electron chi connectivity index (χ3n) is 7.03. The van der Waals surface area contributed by atoms with Crippen LogP contribution in [0.15, 0.2) is 48.5 Å². The van der Waals surface area contributed by atoms with Gasteiger partial charge in [0.25, 0.3) is 0 Å². The van der Waals surface area contributed by atoms with Gasteiger partial charge >= 0.3 is 12.1 Å². The molecule has 0 radical (unpaired) electrons. The van der Waals surface area contributed by atoms with Crippen LogP contribution in [0, 0.1) is 17.8 Å². The second-order valence-corrected chi connectivity index (χ2v) is 9.74. The summed E-state index contributed by atoms with van der Waals surface area (Å²) in [5.41, 5.74) is 4.55. The highest BCUT2D eigenvalue weighted by Crippen LogP contribution is 2.44. The highest BCUT2D eigenvalue weighted by molar-refractivity contribution is 5.86. The molecule has 0 aromatic heterocycles. The van der Waals surface area contributed by atoms with Gasteiger partial charge in [-0.1, -0.05) is 82.6 Å². The Labute approximate surface area is 207 Å². The first-order chi connectivity index (χ1) is 16.6. The molecule has 0 heterocycles. The molecule has 2 amide bonds. The molecule has 1 aliphatic rings. The third-order valence-corrected chi connectivity index (χ3v) is 7.03. The topological polar surface area (TPSA) is 105 Å². The standard InChI is InChI=1S/C28H36N2O5/c1-6-17(4)25(27(32)33)30-26(31)24(16(2)3)18(5)29-28(34)35-15-23-21-13-9-7-11-19(21)20-12-8-10-14-22(20)23/h7-14,16-18,23-25H,6,15H2,1-5H3,(H,29,34)(H,30,31)(H,32,33)/t17-,18?,24?,25-/m0/s1. The minimum Gasteiger partial charge on any atom is -0.480 e. The van der Waals surface area contributed by atoms with Crippen LogP contribution in [0.25, 0.3) is 11.1 Å². The molecule has 7 heteroatoms. The lowest BCUT2D eigenvalue weighted by Crippen LogP contribution is -2.53. The van der Waals surface area contributed by atoms with E-state index in [2.05, 4.69) is 34.9 Å².